The van der Waals surface area contributed by atoms with E-state index in [0.29, 0.717) is 24.1 Å². The number of aromatic nitrogens is 4. The van der Waals surface area contributed by atoms with Gasteiger partial charge in [-0.2, -0.15) is 22.7 Å². The Morgan fingerprint density at radius 1 is 1.24 bits per heavy atom. The number of carbonyl (C=O) groups is 1. The van der Waals surface area contributed by atoms with Crippen LogP contribution in [-0.2, 0) is 0 Å². The first-order chi connectivity index (χ1) is 13.6. The number of rotatable bonds is 4. The van der Waals surface area contributed by atoms with E-state index < -0.39 is 30.0 Å². The lowest BCUT2D eigenvalue weighted by Gasteiger charge is -2.20. The van der Waals surface area contributed by atoms with Crippen LogP contribution in [0.4, 0.5) is 17.6 Å². The minimum absolute atomic E-state index is 0.0510. The van der Waals surface area contributed by atoms with Crippen molar-refractivity contribution in [3.8, 4) is 11.3 Å². The van der Waals surface area contributed by atoms with E-state index in [1.54, 1.807) is 26.0 Å². The monoisotopic (exact) mass is 407 g/mol. The van der Waals surface area contributed by atoms with Crippen molar-refractivity contribution in [2.45, 2.75) is 38.9 Å². The summed E-state index contributed by atoms with van der Waals surface area (Å²) in [4.78, 5) is 20.6. The maximum absolute atomic E-state index is 14.2. The van der Waals surface area contributed by atoms with Gasteiger partial charge in [0, 0.05) is 11.9 Å². The molecule has 4 rings (SSSR count). The van der Waals surface area contributed by atoms with Crippen molar-refractivity contribution in [2.24, 2.45) is 5.92 Å². The van der Waals surface area contributed by atoms with Crippen molar-refractivity contribution in [3.63, 3.8) is 0 Å². The van der Waals surface area contributed by atoms with Gasteiger partial charge in [0.2, 0.25) is 5.95 Å². The Morgan fingerprint density at radius 3 is 2.62 bits per heavy atom. The number of alkyl halides is 3. The van der Waals surface area contributed by atoms with Gasteiger partial charge in [0.1, 0.15) is 11.6 Å². The topological polar surface area (TPSA) is 72.2 Å². The summed E-state index contributed by atoms with van der Waals surface area (Å²) in [6.45, 7) is 3.42. The SMILES string of the molecule is Cc1cnc(F)c(-c2cc(C)n3ncc(C(=O)N[C@H](C4CC4)C(F)(F)F)c3n2)c1. The van der Waals surface area contributed by atoms with Gasteiger partial charge in [0.15, 0.2) is 5.65 Å². The molecule has 1 amide bonds. The zero-order valence-corrected chi connectivity index (χ0v) is 15.6. The smallest absolute Gasteiger partial charge is 0.340 e. The van der Waals surface area contributed by atoms with E-state index in [2.05, 4.69) is 20.4 Å². The molecule has 0 bridgehead atoms. The van der Waals surface area contributed by atoms with Gasteiger partial charge in [-0.05, 0) is 50.3 Å². The standard InChI is InChI=1S/C19H17F4N5O/c1-9-5-12(16(20)24-7-9)14-6-10(2)28-17(26-14)13(8-25-28)18(29)27-15(11-3-4-11)19(21,22)23/h5-8,11,15H,3-4H2,1-2H3,(H,27,29)/t15-/m1/s1. The normalized spacial score (nSPS) is 15.5. The first kappa shape index (κ1) is 19.3. The molecule has 152 valence electrons. The van der Waals surface area contributed by atoms with Crippen LogP contribution in [-0.4, -0.2) is 37.7 Å². The second kappa shape index (κ2) is 6.78. The van der Waals surface area contributed by atoms with Gasteiger partial charge in [0.05, 0.1) is 17.5 Å². The number of amides is 1. The van der Waals surface area contributed by atoms with Crippen molar-refractivity contribution >= 4 is 11.6 Å². The van der Waals surface area contributed by atoms with E-state index in [1.165, 1.54) is 16.9 Å². The molecule has 1 N–H and O–H groups in total. The van der Waals surface area contributed by atoms with E-state index in [9.17, 15) is 22.4 Å². The lowest BCUT2D eigenvalue weighted by Crippen LogP contribution is -2.46. The van der Waals surface area contributed by atoms with Crippen LogP contribution in [0.5, 0.6) is 0 Å². The number of pyridine rings is 1. The summed E-state index contributed by atoms with van der Waals surface area (Å²) in [6, 6.07) is 1.22. The predicted octanol–water partition coefficient (Wildman–Crippen LogP) is 3.62. The number of nitrogens with zero attached hydrogens (tertiary/aromatic N) is 4. The Bertz CT molecular complexity index is 1100. The Morgan fingerprint density at radius 2 is 1.97 bits per heavy atom. The average molecular weight is 407 g/mol. The third kappa shape index (κ3) is 3.66. The molecule has 1 fully saturated rings. The molecule has 0 unspecified atom stereocenters. The van der Waals surface area contributed by atoms with Gasteiger partial charge in [-0.15, -0.1) is 0 Å². The predicted molar refractivity (Wildman–Crippen MR) is 95.7 cm³/mol. The fourth-order valence-electron chi connectivity index (χ4n) is 3.26. The number of halogens is 4. The summed E-state index contributed by atoms with van der Waals surface area (Å²) in [6.07, 6.45) is -1.16. The molecule has 0 aromatic carbocycles. The van der Waals surface area contributed by atoms with Crippen LogP contribution < -0.4 is 5.32 Å². The Labute approximate surface area is 163 Å². The number of aryl methyl sites for hydroxylation is 2. The van der Waals surface area contributed by atoms with Crippen molar-refractivity contribution in [2.75, 3.05) is 0 Å². The molecular weight excluding hydrogens is 390 g/mol. The average Bonchev–Trinajstić information content (AvgIpc) is 3.38. The molecule has 0 spiro atoms. The van der Waals surface area contributed by atoms with Crippen LogP contribution in [0.15, 0.2) is 24.5 Å². The summed E-state index contributed by atoms with van der Waals surface area (Å²) >= 11 is 0. The molecule has 1 aliphatic carbocycles. The fourth-order valence-corrected chi connectivity index (χ4v) is 3.26. The molecule has 1 saturated carbocycles. The van der Waals surface area contributed by atoms with Gasteiger partial charge in [-0.25, -0.2) is 14.5 Å². The third-order valence-electron chi connectivity index (χ3n) is 4.88. The van der Waals surface area contributed by atoms with Gasteiger partial charge >= 0.3 is 6.18 Å². The summed E-state index contributed by atoms with van der Waals surface area (Å²) in [5.74, 6) is -2.26. The molecule has 3 aromatic heterocycles. The second-order valence-electron chi connectivity index (χ2n) is 7.26. The zero-order chi connectivity index (χ0) is 20.9. The van der Waals surface area contributed by atoms with E-state index >= 15 is 0 Å². The number of hydrogen-bond donors (Lipinski definition) is 1. The summed E-state index contributed by atoms with van der Waals surface area (Å²) in [5.41, 5.74) is 1.55. The molecule has 10 heteroatoms. The molecule has 6 nitrogen and oxygen atoms in total. The van der Waals surface area contributed by atoms with Gasteiger partial charge < -0.3 is 5.32 Å². The molecule has 0 aliphatic heterocycles. The lowest BCUT2D eigenvalue weighted by molar-refractivity contribution is -0.158. The number of carbonyl (C=O) groups excluding carboxylic acids is 1. The summed E-state index contributed by atoms with van der Waals surface area (Å²) in [7, 11) is 0. The maximum Gasteiger partial charge on any atom is 0.408 e. The van der Waals surface area contributed by atoms with Crippen LogP contribution in [0.1, 0.15) is 34.5 Å². The summed E-state index contributed by atoms with van der Waals surface area (Å²) < 4.78 is 55.3. The molecule has 3 heterocycles. The van der Waals surface area contributed by atoms with Crippen LogP contribution in [0.25, 0.3) is 16.9 Å². The highest BCUT2D eigenvalue weighted by Crippen LogP contribution is 2.40. The molecule has 0 saturated heterocycles. The van der Waals surface area contributed by atoms with Crippen molar-refractivity contribution in [1.29, 1.82) is 0 Å². The zero-order valence-electron chi connectivity index (χ0n) is 15.6. The van der Waals surface area contributed by atoms with E-state index in [0.717, 1.165) is 0 Å². The van der Waals surface area contributed by atoms with Crippen LogP contribution >= 0.6 is 0 Å². The van der Waals surface area contributed by atoms with Crippen LogP contribution in [0.2, 0.25) is 0 Å². The largest absolute Gasteiger partial charge is 0.408 e. The second-order valence-corrected chi connectivity index (χ2v) is 7.26. The number of nitrogens with one attached hydrogen (secondary N) is 1. The van der Waals surface area contributed by atoms with Gasteiger partial charge in [0.25, 0.3) is 5.91 Å². The number of hydrogen-bond acceptors (Lipinski definition) is 4. The van der Waals surface area contributed by atoms with Crippen molar-refractivity contribution < 1.29 is 22.4 Å². The van der Waals surface area contributed by atoms with Crippen LogP contribution in [0, 0.1) is 25.7 Å². The minimum atomic E-state index is -4.54. The van der Waals surface area contributed by atoms with E-state index in [1.807, 2.05) is 0 Å². The minimum Gasteiger partial charge on any atom is -0.340 e. The highest BCUT2D eigenvalue weighted by molar-refractivity contribution is 6.00. The highest BCUT2D eigenvalue weighted by atomic mass is 19.4. The Balaban J connectivity index is 1.75. The first-order valence-electron chi connectivity index (χ1n) is 9.00. The van der Waals surface area contributed by atoms with E-state index in [4.69, 9.17) is 0 Å². The van der Waals surface area contributed by atoms with Gasteiger partial charge in [-0.1, -0.05) is 0 Å². The van der Waals surface area contributed by atoms with Gasteiger partial charge in [-0.3, -0.25) is 4.79 Å². The first-order valence-corrected chi connectivity index (χ1v) is 9.00. The Kier molecular flexibility index (Phi) is 4.51. The molecule has 1 atom stereocenters. The molecular formula is C19H17F4N5O. The molecule has 0 radical (unpaired) electrons. The number of fused-ring (bicyclic) bond motifs is 1. The molecule has 3 aromatic rings. The van der Waals surface area contributed by atoms with Crippen LogP contribution in [0.3, 0.4) is 0 Å². The van der Waals surface area contributed by atoms with Crippen molar-refractivity contribution in [1.82, 2.24) is 24.9 Å². The third-order valence-corrected chi connectivity index (χ3v) is 4.88. The quantitative estimate of drug-likeness (QED) is 0.530. The highest BCUT2D eigenvalue weighted by Gasteiger charge is 2.49. The fraction of sp³-hybridized carbons (Fsp3) is 0.368. The molecule has 1 aliphatic rings. The lowest BCUT2D eigenvalue weighted by atomic mass is 10.1. The summed E-state index contributed by atoms with van der Waals surface area (Å²) in [5, 5.41) is 6.12. The van der Waals surface area contributed by atoms with E-state index in [-0.39, 0.29) is 22.5 Å². The van der Waals surface area contributed by atoms with Crippen molar-refractivity contribution in [3.05, 3.63) is 47.3 Å². The maximum atomic E-state index is 14.2. The molecule has 29 heavy (non-hydrogen) atoms. The Hall–Kier alpha value is -3.04.